The van der Waals surface area contributed by atoms with Crippen molar-refractivity contribution in [2.24, 2.45) is 5.92 Å². The third kappa shape index (κ3) is 2.39. The number of carboxylic acid groups (broad SMARTS) is 1. The van der Waals surface area contributed by atoms with Crippen molar-refractivity contribution in [3.8, 4) is 0 Å². The van der Waals surface area contributed by atoms with Crippen molar-refractivity contribution in [1.29, 1.82) is 0 Å². The van der Waals surface area contributed by atoms with E-state index in [0.29, 0.717) is 5.92 Å². The summed E-state index contributed by atoms with van der Waals surface area (Å²) in [5.74, 6) is -0.553. The second-order valence-electron chi connectivity index (χ2n) is 4.09. The Morgan fingerprint density at radius 2 is 2.50 bits per heavy atom. The highest BCUT2D eigenvalue weighted by Crippen LogP contribution is 2.19. The topological polar surface area (TPSA) is 66.0 Å². The van der Waals surface area contributed by atoms with E-state index in [0.717, 1.165) is 18.5 Å². The lowest BCUT2D eigenvalue weighted by molar-refractivity contribution is 0.0690. The van der Waals surface area contributed by atoms with E-state index in [1.807, 2.05) is 0 Å². The summed E-state index contributed by atoms with van der Waals surface area (Å²) in [6, 6.07) is 1.60. The van der Waals surface area contributed by atoms with Gasteiger partial charge in [-0.25, -0.2) is 4.79 Å². The summed E-state index contributed by atoms with van der Waals surface area (Å²) in [5.41, 5.74) is 2.24. The number of aromatic carboxylic acids is 1. The van der Waals surface area contributed by atoms with Crippen LogP contribution < -0.4 is 0 Å². The second kappa shape index (κ2) is 4.35. The fraction of sp³-hybridized carbons (Fsp3) is 0.333. The first-order chi connectivity index (χ1) is 7.65. The molecule has 4 nitrogen and oxygen atoms in total. The molecule has 84 valence electrons. The molecule has 1 atom stereocenters. The van der Waals surface area contributed by atoms with Crippen LogP contribution in [0.5, 0.6) is 0 Å². The minimum atomic E-state index is -0.988. The summed E-state index contributed by atoms with van der Waals surface area (Å²) in [4.78, 5) is 10.6. The average molecular weight is 218 g/mol. The van der Waals surface area contributed by atoms with Crippen molar-refractivity contribution >= 4 is 5.97 Å². The fourth-order valence-electron chi connectivity index (χ4n) is 1.78. The van der Waals surface area contributed by atoms with Crippen LogP contribution in [0.1, 0.15) is 29.5 Å². The Bertz CT molecular complexity index is 457. The third-order valence-electron chi connectivity index (χ3n) is 2.71. The number of aromatic amines is 1. The summed E-state index contributed by atoms with van der Waals surface area (Å²) >= 11 is 0. The molecule has 1 heterocycles. The Labute approximate surface area is 93.7 Å². The molecular formula is C12H14N2O2. The summed E-state index contributed by atoms with van der Waals surface area (Å²) in [6.07, 6.45) is 8.27. The zero-order valence-electron chi connectivity index (χ0n) is 9.10. The van der Waals surface area contributed by atoms with E-state index >= 15 is 0 Å². The van der Waals surface area contributed by atoms with Crippen LogP contribution in [-0.4, -0.2) is 21.3 Å². The van der Waals surface area contributed by atoms with Gasteiger partial charge in [-0.3, -0.25) is 5.10 Å². The molecule has 1 aromatic rings. The maximum Gasteiger partial charge on any atom is 0.356 e. The second-order valence-corrected chi connectivity index (χ2v) is 4.09. The Morgan fingerprint density at radius 1 is 1.69 bits per heavy atom. The summed E-state index contributed by atoms with van der Waals surface area (Å²) in [6.45, 7) is 2.07. The molecule has 0 bridgehead atoms. The number of allylic oxidation sites excluding steroid dienone is 4. The summed E-state index contributed by atoms with van der Waals surface area (Å²) in [5, 5.41) is 15.2. The number of rotatable bonds is 3. The lowest BCUT2D eigenvalue weighted by atomic mass is 9.93. The molecule has 0 aromatic carbocycles. The van der Waals surface area contributed by atoms with Gasteiger partial charge in [0.15, 0.2) is 5.69 Å². The van der Waals surface area contributed by atoms with Gasteiger partial charge in [-0.15, -0.1) is 0 Å². The smallest absolute Gasteiger partial charge is 0.356 e. The van der Waals surface area contributed by atoms with Crippen LogP contribution in [0.4, 0.5) is 0 Å². The van der Waals surface area contributed by atoms with Crippen LogP contribution >= 0.6 is 0 Å². The van der Waals surface area contributed by atoms with Crippen LogP contribution in [-0.2, 0) is 6.42 Å². The number of H-pyrrole nitrogens is 1. The van der Waals surface area contributed by atoms with Gasteiger partial charge in [0, 0.05) is 5.69 Å². The molecule has 2 rings (SSSR count). The zero-order chi connectivity index (χ0) is 11.5. The molecule has 0 saturated carbocycles. The van der Waals surface area contributed by atoms with Crippen molar-refractivity contribution in [2.75, 3.05) is 0 Å². The monoisotopic (exact) mass is 218 g/mol. The molecule has 4 heteroatoms. The first kappa shape index (κ1) is 10.7. The molecule has 0 radical (unpaired) electrons. The van der Waals surface area contributed by atoms with Gasteiger partial charge < -0.3 is 5.11 Å². The molecule has 0 saturated heterocycles. The van der Waals surface area contributed by atoms with Gasteiger partial charge in [-0.1, -0.05) is 23.8 Å². The first-order valence-electron chi connectivity index (χ1n) is 5.27. The quantitative estimate of drug-likeness (QED) is 0.817. The number of nitrogens with one attached hydrogen (secondary N) is 1. The van der Waals surface area contributed by atoms with Crippen molar-refractivity contribution < 1.29 is 9.90 Å². The lowest BCUT2D eigenvalue weighted by Gasteiger charge is -2.13. The van der Waals surface area contributed by atoms with Crippen molar-refractivity contribution in [2.45, 2.75) is 19.8 Å². The van der Waals surface area contributed by atoms with Gasteiger partial charge in [0.1, 0.15) is 0 Å². The van der Waals surface area contributed by atoms with Gasteiger partial charge >= 0.3 is 5.97 Å². The highest BCUT2D eigenvalue weighted by Gasteiger charge is 2.12. The Morgan fingerprint density at radius 3 is 3.06 bits per heavy atom. The highest BCUT2D eigenvalue weighted by atomic mass is 16.4. The zero-order valence-corrected chi connectivity index (χ0v) is 9.10. The van der Waals surface area contributed by atoms with Crippen molar-refractivity contribution in [3.05, 3.63) is 41.3 Å². The van der Waals surface area contributed by atoms with E-state index in [1.165, 1.54) is 5.57 Å². The van der Waals surface area contributed by atoms with Gasteiger partial charge in [-0.05, 0) is 31.7 Å². The number of hydrogen-bond acceptors (Lipinski definition) is 2. The van der Waals surface area contributed by atoms with Gasteiger partial charge in [0.2, 0.25) is 0 Å². The normalized spacial score (nSPS) is 19.6. The fourth-order valence-corrected chi connectivity index (χ4v) is 1.78. The molecule has 2 N–H and O–H groups in total. The van der Waals surface area contributed by atoms with Gasteiger partial charge in [-0.2, -0.15) is 5.10 Å². The number of nitrogens with zero attached hydrogens (tertiary/aromatic N) is 1. The molecule has 1 aliphatic carbocycles. The minimum Gasteiger partial charge on any atom is -0.476 e. The predicted molar refractivity (Wildman–Crippen MR) is 60.3 cm³/mol. The largest absolute Gasteiger partial charge is 0.476 e. The maximum atomic E-state index is 10.6. The molecule has 1 aliphatic rings. The Kier molecular flexibility index (Phi) is 2.90. The first-order valence-corrected chi connectivity index (χ1v) is 5.27. The Hall–Kier alpha value is -1.84. The van der Waals surface area contributed by atoms with E-state index in [4.69, 9.17) is 5.11 Å². The van der Waals surface area contributed by atoms with Crippen molar-refractivity contribution in [1.82, 2.24) is 10.2 Å². The maximum absolute atomic E-state index is 10.6. The average Bonchev–Trinajstić information content (AvgIpc) is 2.70. The SMILES string of the molecule is CC1=CCC(Cc2cc(C(=O)O)n[nH]2)C=C1. The third-order valence-corrected chi connectivity index (χ3v) is 2.71. The van der Waals surface area contributed by atoms with Crippen LogP contribution in [0.15, 0.2) is 29.9 Å². The minimum absolute atomic E-state index is 0.0847. The standard InChI is InChI=1S/C12H14N2O2/c1-8-2-4-9(5-3-8)6-10-7-11(12(15)16)14-13-10/h2-4,7,9H,5-6H2,1H3,(H,13,14)(H,15,16). The molecule has 1 aromatic heterocycles. The van der Waals surface area contributed by atoms with Crippen LogP contribution in [0.3, 0.4) is 0 Å². The molecule has 1 unspecified atom stereocenters. The lowest BCUT2D eigenvalue weighted by Crippen LogP contribution is -2.03. The van der Waals surface area contributed by atoms with Gasteiger partial charge in [0.05, 0.1) is 0 Å². The number of carbonyl (C=O) groups is 1. The van der Waals surface area contributed by atoms with E-state index < -0.39 is 5.97 Å². The number of carboxylic acids is 1. The molecule has 0 spiro atoms. The number of hydrogen-bond donors (Lipinski definition) is 2. The van der Waals surface area contributed by atoms with Crippen LogP contribution in [0, 0.1) is 5.92 Å². The van der Waals surface area contributed by atoms with E-state index in [2.05, 4.69) is 35.3 Å². The summed E-state index contributed by atoms with van der Waals surface area (Å²) in [7, 11) is 0. The molecule has 16 heavy (non-hydrogen) atoms. The molecule has 0 aliphatic heterocycles. The van der Waals surface area contributed by atoms with E-state index in [-0.39, 0.29) is 5.69 Å². The highest BCUT2D eigenvalue weighted by molar-refractivity contribution is 5.85. The van der Waals surface area contributed by atoms with Crippen LogP contribution in [0.2, 0.25) is 0 Å². The Balaban J connectivity index is 2.00. The van der Waals surface area contributed by atoms with E-state index in [9.17, 15) is 4.79 Å². The number of aromatic nitrogens is 2. The predicted octanol–water partition coefficient (Wildman–Crippen LogP) is 2.17. The van der Waals surface area contributed by atoms with E-state index in [1.54, 1.807) is 6.07 Å². The molecular weight excluding hydrogens is 204 g/mol. The molecule has 0 fully saturated rings. The van der Waals surface area contributed by atoms with Gasteiger partial charge in [0.25, 0.3) is 0 Å². The van der Waals surface area contributed by atoms with Crippen LogP contribution in [0.25, 0.3) is 0 Å². The van der Waals surface area contributed by atoms with Crippen molar-refractivity contribution in [3.63, 3.8) is 0 Å². The molecule has 0 amide bonds. The summed E-state index contributed by atoms with van der Waals surface area (Å²) < 4.78 is 0.